The lowest BCUT2D eigenvalue weighted by molar-refractivity contribution is 0.102. The van der Waals surface area contributed by atoms with Gasteiger partial charge in [0, 0.05) is 24.6 Å². The Labute approximate surface area is 111 Å². The van der Waals surface area contributed by atoms with Gasteiger partial charge in [-0.2, -0.15) is 0 Å². The Morgan fingerprint density at radius 1 is 1.21 bits per heavy atom. The number of hydrogen-bond donors (Lipinski definition) is 2. The molecule has 96 valence electrons. The lowest BCUT2D eigenvalue weighted by Crippen LogP contribution is -2.27. The molecule has 4 nitrogen and oxygen atoms in total. The molecule has 0 radical (unpaired) electrons. The van der Waals surface area contributed by atoms with Gasteiger partial charge < -0.3 is 10.6 Å². The maximum Gasteiger partial charge on any atom is 0.257 e. The molecule has 2 N–H and O–H groups in total. The van der Waals surface area contributed by atoms with Crippen molar-refractivity contribution in [2.24, 2.45) is 0 Å². The van der Waals surface area contributed by atoms with Gasteiger partial charge in [-0.25, -0.2) is 0 Å². The molecule has 0 saturated heterocycles. The molecule has 4 heteroatoms. The van der Waals surface area contributed by atoms with Crippen LogP contribution in [0.3, 0.4) is 0 Å². The van der Waals surface area contributed by atoms with Crippen LogP contribution in [0.5, 0.6) is 0 Å². The number of fused-ring (bicyclic) bond motifs is 1. The second-order valence-electron chi connectivity index (χ2n) is 4.57. The van der Waals surface area contributed by atoms with Crippen molar-refractivity contribution in [2.45, 2.75) is 13.0 Å². The van der Waals surface area contributed by atoms with Gasteiger partial charge in [-0.3, -0.25) is 9.78 Å². The van der Waals surface area contributed by atoms with Crippen LogP contribution in [0.1, 0.15) is 21.5 Å². The summed E-state index contributed by atoms with van der Waals surface area (Å²) in [5.74, 6) is -0.0857. The lowest BCUT2D eigenvalue weighted by atomic mass is 9.98. The van der Waals surface area contributed by atoms with Crippen LogP contribution >= 0.6 is 0 Å². The van der Waals surface area contributed by atoms with E-state index in [9.17, 15) is 4.79 Å². The SMILES string of the molecule is O=C(Nc1ccccc1)c1cncc2c1CCNC2. The number of carbonyl (C=O) groups is 1. The summed E-state index contributed by atoms with van der Waals surface area (Å²) in [4.78, 5) is 16.5. The van der Waals surface area contributed by atoms with E-state index >= 15 is 0 Å². The van der Waals surface area contributed by atoms with Crippen molar-refractivity contribution >= 4 is 11.6 Å². The first-order valence-corrected chi connectivity index (χ1v) is 6.37. The number of carbonyl (C=O) groups excluding carboxylic acids is 1. The smallest absolute Gasteiger partial charge is 0.257 e. The zero-order chi connectivity index (χ0) is 13.1. The zero-order valence-electron chi connectivity index (χ0n) is 10.5. The molecule has 1 aromatic carbocycles. The predicted octanol–water partition coefficient (Wildman–Crippen LogP) is 1.98. The van der Waals surface area contributed by atoms with Crippen molar-refractivity contribution in [3.8, 4) is 0 Å². The maximum absolute atomic E-state index is 12.3. The van der Waals surface area contributed by atoms with Crippen LogP contribution in [-0.4, -0.2) is 17.4 Å². The molecule has 3 rings (SSSR count). The van der Waals surface area contributed by atoms with E-state index in [0.717, 1.165) is 36.3 Å². The molecule has 2 aromatic rings. The van der Waals surface area contributed by atoms with Gasteiger partial charge in [0.05, 0.1) is 5.56 Å². The molecular weight excluding hydrogens is 238 g/mol. The van der Waals surface area contributed by atoms with Gasteiger partial charge in [-0.1, -0.05) is 18.2 Å². The highest BCUT2D eigenvalue weighted by Gasteiger charge is 2.17. The van der Waals surface area contributed by atoms with Crippen LogP contribution in [0, 0.1) is 0 Å². The maximum atomic E-state index is 12.3. The summed E-state index contributed by atoms with van der Waals surface area (Å²) in [7, 11) is 0. The number of amides is 1. The van der Waals surface area contributed by atoms with Crippen molar-refractivity contribution in [3.05, 3.63) is 59.4 Å². The first kappa shape index (κ1) is 11.9. The number of para-hydroxylation sites is 1. The third kappa shape index (κ3) is 2.48. The number of benzene rings is 1. The zero-order valence-corrected chi connectivity index (χ0v) is 10.5. The van der Waals surface area contributed by atoms with Crippen molar-refractivity contribution in [2.75, 3.05) is 11.9 Å². The number of anilines is 1. The molecule has 0 atom stereocenters. The topological polar surface area (TPSA) is 54.0 Å². The van der Waals surface area contributed by atoms with E-state index in [1.54, 1.807) is 6.20 Å². The predicted molar refractivity (Wildman–Crippen MR) is 74.0 cm³/mol. The van der Waals surface area contributed by atoms with Crippen molar-refractivity contribution in [3.63, 3.8) is 0 Å². The monoisotopic (exact) mass is 253 g/mol. The third-order valence-electron chi connectivity index (χ3n) is 3.29. The summed E-state index contributed by atoms with van der Waals surface area (Å²) in [6.07, 6.45) is 4.36. The summed E-state index contributed by atoms with van der Waals surface area (Å²) in [6, 6.07) is 9.48. The first-order valence-electron chi connectivity index (χ1n) is 6.37. The van der Waals surface area contributed by atoms with E-state index in [0.29, 0.717) is 5.56 Å². The van der Waals surface area contributed by atoms with Gasteiger partial charge >= 0.3 is 0 Å². The largest absolute Gasteiger partial charge is 0.322 e. The molecule has 0 spiro atoms. The minimum Gasteiger partial charge on any atom is -0.322 e. The Balaban J connectivity index is 1.88. The third-order valence-corrected chi connectivity index (χ3v) is 3.29. The average Bonchev–Trinajstić information content (AvgIpc) is 2.47. The number of aromatic nitrogens is 1. The molecule has 0 unspecified atom stereocenters. The van der Waals surface area contributed by atoms with E-state index in [-0.39, 0.29) is 5.91 Å². The minimum absolute atomic E-state index is 0.0857. The van der Waals surface area contributed by atoms with E-state index in [1.165, 1.54) is 0 Å². The Hall–Kier alpha value is -2.20. The van der Waals surface area contributed by atoms with Crippen LogP contribution in [0.15, 0.2) is 42.7 Å². The summed E-state index contributed by atoms with van der Waals surface area (Å²) >= 11 is 0. The van der Waals surface area contributed by atoms with Gasteiger partial charge in [0.2, 0.25) is 0 Å². The normalized spacial score (nSPS) is 13.7. The van der Waals surface area contributed by atoms with E-state index in [2.05, 4.69) is 15.6 Å². The van der Waals surface area contributed by atoms with Crippen molar-refractivity contribution in [1.29, 1.82) is 0 Å². The summed E-state index contributed by atoms with van der Waals surface area (Å²) in [5, 5.41) is 6.19. The van der Waals surface area contributed by atoms with E-state index < -0.39 is 0 Å². The number of nitrogens with one attached hydrogen (secondary N) is 2. The van der Waals surface area contributed by atoms with Gasteiger partial charge in [-0.05, 0) is 36.2 Å². The van der Waals surface area contributed by atoms with Gasteiger partial charge in [0.15, 0.2) is 0 Å². The minimum atomic E-state index is -0.0857. The van der Waals surface area contributed by atoms with Gasteiger partial charge in [-0.15, -0.1) is 0 Å². The fourth-order valence-corrected chi connectivity index (χ4v) is 2.33. The van der Waals surface area contributed by atoms with Crippen molar-refractivity contribution < 1.29 is 4.79 Å². The van der Waals surface area contributed by atoms with Crippen LogP contribution < -0.4 is 10.6 Å². The number of hydrogen-bond acceptors (Lipinski definition) is 3. The quantitative estimate of drug-likeness (QED) is 0.860. The molecule has 1 amide bonds. The van der Waals surface area contributed by atoms with Crippen LogP contribution in [-0.2, 0) is 13.0 Å². The second kappa shape index (κ2) is 5.20. The molecule has 19 heavy (non-hydrogen) atoms. The molecule has 2 heterocycles. The molecule has 0 bridgehead atoms. The second-order valence-corrected chi connectivity index (χ2v) is 4.57. The molecule has 1 aliphatic heterocycles. The molecule has 1 aliphatic rings. The van der Waals surface area contributed by atoms with Crippen LogP contribution in [0.25, 0.3) is 0 Å². The summed E-state index contributed by atoms with van der Waals surface area (Å²) in [6.45, 7) is 1.69. The highest BCUT2D eigenvalue weighted by Crippen LogP contribution is 2.18. The Morgan fingerprint density at radius 3 is 2.89 bits per heavy atom. The van der Waals surface area contributed by atoms with E-state index in [1.807, 2.05) is 36.5 Å². The fraction of sp³-hybridized carbons (Fsp3) is 0.200. The summed E-state index contributed by atoms with van der Waals surface area (Å²) < 4.78 is 0. The molecule has 0 saturated carbocycles. The Morgan fingerprint density at radius 2 is 2.05 bits per heavy atom. The number of nitrogens with zero attached hydrogens (tertiary/aromatic N) is 1. The highest BCUT2D eigenvalue weighted by molar-refractivity contribution is 6.05. The summed E-state index contributed by atoms with van der Waals surface area (Å²) in [5.41, 5.74) is 3.72. The van der Waals surface area contributed by atoms with Gasteiger partial charge in [0.1, 0.15) is 0 Å². The van der Waals surface area contributed by atoms with Crippen LogP contribution in [0.2, 0.25) is 0 Å². The Bertz CT molecular complexity index is 596. The van der Waals surface area contributed by atoms with Crippen LogP contribution in [0.4, 0.5) is 5.69 Å². The average molecular weight is 253 g/mol. The number of pyridine rings is 1. The molecule has 0 aliphatic carbocycles. The molecule has 1 aromatic heterocycles. The van der Waals surface area contributed by atoms with E-state index in [4.69, 9.17) is 0 Å². The fourth-order valence-electron chi connectivity index (χ4n) is 2.33. The lowest BCUT2D eigenvalue weighted by Gasteiger charge is -2.19. The first-order chi connectivity index (χ1) is 9.34. The molecular formula is C15H15N3O. The van der Waals surface area contributed by atoms with Gasteiger partial charge in [0.25, 0.3) is 5.91 Å². The molecule has 0 fully saturated rings. The standard InChI is InChI=1S/C15H15N3O/c19-15(18-12-4-2-1-3-5-12)14-10-17-9-11-8-16-7-6-13(11)14/h1-5,9-10,16H,6-8H2,(H,18,19). The Kier molecular flexibility index (Phi) is 3.25. The van der Waals surface area contributed by atoms with Crippen molar-refractivity contribution in [1.82, 2.24) is 10.3 Å². The number of rotatable bonds is 2. The highest BCUT2D eigenvalue weighted by atomic mass is 16.1.